The minimum atomic E-state index is 0.126. The number of rotatable bonds is 0. The summed E-state index contributed by atoms with van der Waals surface area (Å²) in [5.41, 5.74) is 2.85. The third-order valence-corrected chi connectivity index (χ3v) is 3.63. The van der Waals surface area contributed by atoms with Crippen molar-refractivity contribution in [2.24, 2.45) is 0 Å². The summed E-state index contributed by atoms with van der Waals surface area (Å²) in [6.45, 7) is 13.3. The fraction of sp³-hybridized carbons (Fsp3) is 0.571. The SMILES string of the molecule is CC(C)(C)c1cc(Br)cc(C(C)(C)C)c1S. The van der Waals surface area contributed by atoms with E-state index in [9.17, 15) is 0 Å². The molecule has 0 N–H and O–H groups in total. The van der Waals surface area contributed by atoms with Crippen molar-refractivity contribution in [3.8, 4) is 0 Å². The van der Waals surface area contributed by atoms with Gasteiger partial charge in [-0.1, -0.05) is 57.5 Å². The average molecular weight is 301 g/mol. The van der Waals surface area contributed by atoms with Crippen LogP contribution in [0.5, 0.6) is 0 Å². The van der Waals surface area contributed by atoms with Gasteiger partial charge in [-0.05, 0) is 34.1 Å². The van der Waals surface area contributed by atoms with Gasteiger partial charge in [-0.3, -0.25) is 0 Å². The van der Waals surface area contributed by atoms with Crippen LogP contribution in [0, 0.1) is 0 Å². The van der Waals surface area contributed by atoms with E-state index in [2.05, 4.69) is 69.6 Å². The van der Waals surface area contributed by atoms with Gasteiger partial charge in [0.1, 0.15) is 0 Å². The Morgan fingerprint density at radius 3 is 1.44 bits per heavy atom. The summed E-state index contributed by atoms with van der Waals surface area (Å²) in [7, 11) is 0. The summed E-state index contributed by atoms with van der Waals surface area (Å²) in [4.78, 5) is 1.13. The molecule has 0 radical (unpaired) electrons. The smallest absolute Gasteiger partial charge is 0.0181 e. The standard InChI is InChI=1S/C14H21BrS/c1-13(2,3)10-7-9(15)8-11(12(10)16)14(4,5)6/h7-8,16H,1-6H3. The lowest BCUT2D eigenvalue weighted by Crippen LogP contribution is -2.18. The zero-order valence-corrected chi connectivity index (χ0v) is 13.5. The molecule has 0 aromatic heterocycles. The van der Waals surface area contributed by atoms with Crippen molar-refractivity contribution in [3.63, 3.8) is 0 Å². The molecule has 0 saturated heterocycles. The van der Waals surface area contributed by atoms with Crippen LogP contribution in [0.25, 0.3) is 0 Å². The van der Waals surface area contributed by atoms with Crippen LogP contribution in [-0.4, -0.2) is 0 Å². The van der Waals surface area contributed by atoms with E-state index in [-0.39, 0.29) is 10.8 Å². The fourth-order valence-electron chi connectivity index (χ4n) is 1.74. The van der Waals surface area contributed by atoms with Crippen LogP contribution in [0.2, 0.25) is 0 Å². The summed E-state index contributed by atoms with van der Waals surface area (Å²) in [5.74, 6) is 0. The molecular weight excluding hydrogens is 280 g/mol. The van der Waals surface area contributed by atoms with Gasteiger partial charge in [-0.15, -0.1) is 12.6 Å². The Kier molecular flexibility index (Phi) is 3.86. The van der Waals surface area contributed by atoms with Crippen LogP contribution in [-0.2, 0) is 10.8 Å². The Labute approximate surface area is 113 Å². The summed E-state index contributed by atoms with van der Waals surface area (Å²) in [6, 6.07) is 4.36. The number of benzene rings is 1. The maximum absolute atomic E-state index is 4.72. The second kappa shape index (κ2) is 4.38. The highest BCUT2D eigenvalue weighted by Crippen LogP contribution is 2.38. The van der Waals surface area contributed by atoms with Crippen LogP contribution >= 0.6 is 28.6 Å². The van der Waals surface area contributed by atoms with Gasteiger partial charge in [0.25, 0.3) is 0 Å². The second-order valence-electron chi connectivity index (χ2n) is 6.35. The highest BCUT2D eigenvalue weighted by atomic mass is 79.9. The molecule has 0 aliphatic rings. The Hall–Kier alpha value is 0.0500. The van der Waals surface area contributed by atoms with Gasteiger partial charge < -0.3 is 0 Å². The molecule has 1 rings (SSSR count). The first kappa shape index (κ1) is 14.1. The third kappa shape index (κ3) is 3.04. The molecule has 0 fully saturated rings. The van der Waals surface area contributed by atoms with Crippen LogP contribution < -0.4 is 0 Å². The monoisotopic (exact) mass is 300 g/mol. The first-order chi connectivity index (χ1) is 7.03. The van der Waals surface area contributed by atoms with Crippen molar-refractivity contribution in [2.45, 2.75) is 57.3 Å². The quantitative estimate of drug-likeness (QED) is 0.615. The van der Waals surface area contributed by atoms with Gasteiger partial charge in [-0.25, -0.2) is 0 Å². The molecule has 1 aromatic carbocycles. The van der Waals surface area contributed by atoms with E-state index in [1.165, 1.54) is 11.1 Å². The summed E-state index contributed by atoms with van der Waals surface area (Å²) in [5, 5.41) is 0. The second-order valence-corrected chi connectivity index (χ2v) is 7.71. The maximum atomic E-state index is 4.72. The van der Waals surface area contributed by atoms with Crippen LogP contribution in [0.3, 0.4) is 0 Å². The third-order valence-electron chi connectivity index (χ3n) is 2.69. The van der Waals surface area contributed by atoms with Gasteiger partial charge in [0.05, 0.1) is 0 Å². The molecule has 0 atom stereocenters. The lowest BCUT2D eigenvalue weighted by atomic mass is 9.80. The van der Waals surface area contributed by atoms with Crippen molar-refractivity contribution >= 4 is 28.6 Å². The summed E-state index contributed by atoms with van der Waals surface area (Å²) < 4.78 is 1.14. The van der Waals surface area contributed by atoms with Gasteiger partial charge >= 0.3 is 0 Å². The van der Waals surface area contributed by atoms with Crippen molar-refractivity contribution in [3.05, 3.63) is 27.7 Å². The topological polar surface area (TPSA) is 0 Å². The molecule has 16 heavy (non-hydrogen) atoms. The van der Waals surface area contributed by atoms with E-state index in [0.29, 0.717) is 0 Å². The highest BCUT2D eigenvalue weighted by Gasteiger charge is 2.24. The van der Waals surface area contributed by atoms with Crippen LogP contribution in [0.4, 0.5) is 0 Å². The Morgan fingerprint density at radius 1 is 0.875 bits per heavy atom. The predicted molar refractivity (Wildman–Crippen MR) is 78.8 cm³/mol. The first-order valence-electron chi connectivity index (χ1n) is 5.57. The minimum absolute atomic E-state index is 0.126. The molecule has 90 valence electrons. The number of hydrogen-bond donors (Lipinski definition) is 1. The summed E-state index contributed by atoms with van der Waals surface area (Å²) in [6.07, 6.45) is 0. The van der Waals surface area contributed by atoms with Gasteiger partial charge in [0, 0.05) is 9.37 Å². The van der Waals surface area contributed by atoms with E-state index in [1.807, 2.05) is 0 Å². The molecule has 0 aliphatic carbocycles. The zero-order valence-electron chi connectivity index (χ0n) is 11.0. The van der Waals surface area contributed by atoms with E-state index >= 15 is 0 Å². The largest absolute Gasteiger partial charge is 0.143 e. The van der Waals surface area contributed by atoms with Crippen LogP contribution in [0.1, 0.15) is 52.7 Å². The van der Waals surface area contributed by atoms with Crippen LogP contribution in [0.15, 0.2) is 21.5 Å². The normalized spacial score (nSPS) is 13.0. The molecular formula is C14H21BrS. The molecule has 1 aromatic rings. The lowest BCUT2D eigenvalue weighted by Gasteiger charge is -2.28. The van der Waals surface area contributed by atoms with Gasteiger partial charge in [0.2, 0.25) is 0 Å². The Morgan fingerprint density at radius 2 is 1.19 bits per heavy atom. The zero-order chi connectivity index (χ0) is 12.7. The molecule has 0 heterocycles. The van der Waals surface area contributed by atoms with E-state index in [1.54, 1.807) is 0 Å². The maximum Gasteiger partial charge on any atom is 0.0181 e. The average Bonchev–Trinajstić information content (AvgIpc) is 2.04. The predicted octanol–water partition coefficient (Wildman–Crippen LogP) is 5.33. The molecule has 0 amide bonds. The van der Waals surface area contributed by atoms with Crippen molar-refractivity contribution < 1.29 is 0 Å². The fourth-order valence-corrected chi connectivity index (χ4v) is 3.00. The minimum Gasteiger partial charge on any atom is -0.143 e. The Balaban J connectivity index is 3.51. The molecule has 0 bridgehead atoms. The van der Waals surface area contributed by atoms with Gasteiger partial charge in [-0.2, -0.15) is 0 Å². The number of hydrogen-bond acceptors (Lipinski definition) is 1. The number of thiol groups is 1. The molecule has 0 unspecified atom stereocenters. The lowest BCUT2D eigenvalue weighted by molar-refractivity contribution is 0.546. The van der Waals surface area contributed by atoms with Crippen molar-refractivity contribution in [1.29, 1.82) is 0 Å². The highest BCUT2D eigenvalue weighted by molar-refractivity contribution is 9.10. The molecule has 0 aliphatic heterocycles. The van der Waals surface area contributed by atoms with E-state index in [0.717, 1.165) is 9.37 Å². The van der Waals surface area contributed by atoms with E-state index in [4.69, 9.17) is 12.6 Å². The van der Waals surface area contributed by atoms with Gasteiger partial charge in [0.15, 0.2) is 0 Å². The molecule has 2 heteroatoms. The molecule has 0 spiro atoms. The van der Waals surface area contributed by atoms with Crippen molar-refractivity contribution in [1.82, 2.24) is 0 Å². The summed E-state index contributed by atoms with van der Waals surface area (Å²) >= 11 is 8.32. The Bertz CT molecular complexity index is 359. The first-order valence-corrected chi connectivity index (χ1v) is 6.81. The number of halogens is 1. The molecule has 0 nitrogen and oxygen atoms in total. The van der Waals surface area contributed by atoms with Crippen molar-refractivity contribution in [2.75, 3.05) is 0 Å². The van der Waals surface area contributed by atoms with E-state index < -0.39 is 0 Å². The molecule has 0 saturated carbocycles.